The summed E-state index contributed by atoms with van der Waals surface area (Å²) in [6.45, 7) is 5.87. The van der Waals surface area contributed by atoms with Gasteiger partial charge in [0.1, 0.15) is 0 Å². The van der Waals surface area contributed by atoms with E-state index in [1.807, 2.05) is 18.5 Å². The van der Waals surface area contributed by atoms with Crippen LogP contribution in [-0.2, 0) is 0 Å². The van der Waals surface area contributed by atoms with Crippen molar-refractivity contribution < 1.29 is 0 Å². The Balaban J connectivity index is 2.77. The standard InChI is InChI=1S/C6H8NS/c1-5(2)6-7-3-4-8-6/h3-5H,1H2,2H3. The molecule has 43 valence electrons. The first-order valence-corrected chi connectivity index (χ1v) is 3.41. The van der Waals surface area contributed by atoms with E-state index in [-0.39, 0.29) is 0 Å². The summed E-state index contributed by atoms with van der Waals surface area (Å²) in [4.78, 5) is 4.07. The molecule has 0 saturated heterocycles. The maximum Gasteiger partial charge on any atom is 0.0953 e. The first kappa shape index (κ1) is 5.76. The van der Waals surface area contributed by atoms with Crippen LogP contribution in [0.2, 0.25) is 0 Å². The molecule has 0 aliphatic rings. The molecule has 1 nitrogen and oxygen atoms in total. The largest absolute Gasteiger partial charge is 0.249 e. The summed E-state index contributed by atoms with van der Waals surface area (Å²) in [7, 11) is 0. The van der Waals surface area contributed by atoms with Gasteiger partial charge in [0.15, 0.2) is 0 Å². The lowest BCUT2D eigenvalue weighted by atomic mass is 10.2. The third-order valence-corrected chi connectivity index (χ3v) is 1.88. The van der Waals surface area contributed by atoms with E-state index in [9.17, 15) is 0 Å². The van der Waals surface area contributed by atoms with Gasteiger partial charge in [0.25, 0.3) is 0 Å². The van der Waals surface area contributed by atoms with Gasteiger partial charge in [0.2, 0.25) is 0 Å². The molecule has 2 heteroatoms. The van der Waals surface area contributed by atoms with Gasteiger partial charge in [-0.2, -0.15) is 0 Å². The van der Waals surface area contributed by atoms with Crippen molar-refractivity contribution in [2.45, 2.75) is 12.8 Å². The summed E-state index contributed by atoms with van der Waals surface area (Å²) in [5, 5.41) is 3.08. The van der Waals surface area contributed by atoms with Crippen molar-refractivity contribution in [3.8, 4) is 0 Å². The minimum atomic E-state index is 0.343. The van der Waals surface area contributed by atoms with Gasteiger partial charge in [-0.1, -0.05) is 6.92 Å². The highest BCUT2D eigenvalue weighted by Gasteiger charge is 1.98. The molecule has 1 aromatic rings. The third kappa shape index (κ3) is 1.07. The van der Waals surface area contributed by atoms with E-state index in [0.29, 0.717) is 5.92 Å². The Morgan fingerprint density at radius 3 is 2.88 bits per heavy atom. The Morgan fingerprint density at radius 1 is 1.88 bits per heavy atom. The maximum absolute atomic E-state index is 4.07. The summed E-state index contributed by atoms with van der Waals surface area (Å²) < 4.78 is 0. The topological polar surface area (TPSA) is 12.9 Å². The molecule has 0 aromatic carbocycles. The van der Waals surface area contributed by atoms with Gasteiger partial charge < -0.3 is 0 Å². The Morgan fingerprint density at radius 2 is 2.62 bits per heavy atom. The highest BCUT2D eigenvalue weighted by molar-refractivity contribution is 7.09. The average molecular weight is 126 g/mol. The van der Waals surface area contributed by atoms with Crippen LogP contribution in [0.4, 0.5) is 0 Å². The summed E-state index contributed by atoms with van der Waals surface area (Å²) in [6.07, 6.45) is 1.81. The van der Waals surface area contributed by atoms with Gasteiger partial charge in [-0.3, -0.25) is 0 Å². The quantitative estimate of drug-likeness (QED) is 0.561. The predicted molar refractivity (Wildman–Crippen MR) is 35.9 cm³/mol. The summed E-state index contributed by atoms with van der Waals surface area (Å²) >= 11 is 1.66. The van der Waals surface area contributed by atoms with E-state index in [4.69, 9.17) is 0 Å². The second-order valence-corrected chi connectivity index (χ2v) is 2.70. The number of rotatable bonds is 1. The molecule has 0 N–H and O–H groups in total. The fourth-order valence-electron chi connectivity index (χ4n) is 0.478. The number of hydrogen-bond acceptors (Lipinski definition) is 2. The first-order chi connectivity index (χ1) is 3.80. The van der Waals surface area contributed by atoms with Gasteiger partial charge in [-0.15, -0.1) is 11.3 Å². The molecular weight excluding hydrogens is 118 g/mol. The molecule has 8 heavy (non-hydrogen) atoms. The third-order valence-electron chi connectivity index (χ3n) is 0.873. The zero-order valence-corrected chi connectivity index (χ0v) is 5.61. The Hall–Kier alpha value is -0.370. The lowest BCUT2D eigenvalue weighted by Gasteiger charge is -1.93. The number of thiazole rings is 1. The molecule has 1 heterocycles. The van der Waals surface area contributed by atoms with Crippen LogP contribution in [-0.4, -0.2) is 4.98 Å². The molecule has 0 spiro atoms. The Kier molecular flexibility index (Phi) is 1.63. The Bertz CT molecular complexity index is 144. The van der Waals surface area contributed by atoms with E-state index in [1.165, 1.54) is 0 Å². The second-order valence-electron chi connectivity index (χ2n) is 1.77. The van der Waals surface area contributed by atoms with Crippen molar-refractivity contribution in [3.63, 3.8) is 0 Å². The molecule has 0 aliphatic carbocycles. The zero-order valence-electron chi connectivity index (χ0n) is 4.79. The molecule has 0 saturated carbocycles. The van der Waals surface area contributed by atoms with E-state index >= 15 is 0 Å². The van der Waals surface area contributed by atoms with Gasteiger partial charge in [0, 0.05) is 17.5 Å². The van der Waals surface area contributed by atoms with Gasteiger partial charge in [-0.25, -0.2) is 4.98 Å². The van der Waals surface area contributed by atoms with Crippen LogP contribution < -0.4 is 0 Å². The monoisotopic (exact) mass is 126 g/mol. The van der Waals surface area contributed by atoms with Gasteiger partial charge in [0.05, 0.1) is 5.01 Å². The average Bonchev–Trinajstić information content (AvgIpc) is 2.12. The van der Waals surface area contributed by atoms with Crippen molar-refractivity contribution in [1.82, 2.24) is 4.98 Å². The van der Waals surface area contributed by atoms with Crippen LogP contribution >= 0.6 is 11.3 Å². The SMILES string of the molecule is [CH2]C(C)c1nccs1. The van der Waals surface area contributed by atoms with E-state index in [0.717, 1.165) is 5.01 Å². The minimum Gasteiger partial charge on any atom is -0.249 e. The normalized spacial score (nSPS) is 10.4. The molecule has 0 bridgehead atoms. The van der Waals surface area contributed by atoms with Crippen LogP contribution in [0.1, 0.15) is 17.8 Å². The predicted octanol–water partition coefficient (Wildman–Crippen LogP) is 2.08. The smallest absolute Gasteiger partial charge is 0.0953 e. The zero-order chi connectivity index (χ0) is 5.98. The highest BCUT2D eigenvalue weighted by Crippen LogP contribution is 2.14. The molecule has 0 amide bonds. The van der Waals surface area contributed by atoms with Crippen molar-refractivity contribution in [2.75, 3.05) is 0 Å². The molecular formula is C6H8NS. The number of aromatic nitrogens is 1. The van der Waals surface area contributed by atoms with Crippen LogP contribution in [0, 0.1) is 6.92 Å². The number of hydrogen-bond donors (Lipinski definition) is 0. The van der Waals surface area contributed by atoms with Crippen LogP contribution in [0.5, 0.6) is 0 Å². The Labute approximate surface area is 53.4 Å². The molecule has 1 aromatic heterocycles. The molecule has 1 radical (unpaired) electrons. The molecule has 1 unspecified atom stereocenters. The fourth-order valence-corrected chi connectivity index (χ4v) is 1.09. The minimum absolute atomic E-state index is 0.343. The number of nitrogens with zero attached hydrogens (tertiary/aromatic N) is 1. The summed E-state index contributed by atoms with van der Waals surface area (Å²) in [5.41, 5.74) is 0. The van der Waals surface area contributed by atoms with Gasteiger partial charge >= 0.3 is 0 Å². The van der Waals surface area contributed by atoms with E-state index in [2.05, 4.69) is 11.9 Å². The van der Waals surface area contributed by atoms with E-state index < -0.39 is 0 Å². The van der Waals surface area contributed by atoms with Crippen LogP contribution in [0.15, 0.2) is 11.6 Å². The van der Waals surface area contributed by atoms with E-state index in [1.54, 1.807) is 11.3 Å². The maximum atomic E-state index is 4.07. The van der Waals surface area contributed by atoms with Crippen molar-refractivity contribution in [1.29, 1.82) is 0 Å². The highest BCUT2D eigenvalue weighted by atomic mass is 32.1. The summed E-state index contributed by atoms with van der Waals surface area (Å²) in [5.74, 6) is 0.343. The molecule has 0 fully saturated rings. The van der Waals surface area contributed by atoms with Crippen molar-refractivity contribution in [3.05, 3.63) is 23.5 Å². The van der Waals surface area contributed by atoms with Crippen LogP contribution in [0.25, 0.3) is 0 Å². The van der Waals surface area contributed by atoms with Gasteiger partial charge in [-0.05, 0) is 6.92 Å². The second kappa shape index (κ2) is 2.27. The fraction of sp³-hybridized carbons (Fsp3) is 0.333. The molecule has 0 aliphatic heterocycles. The lowest BCUT2D eigenvalue weighted by Crippen LogP contribution is -1.82. The molecule has 1 atom stereocenters. The van der Waals surface area contributed by atoms with Crippen LogP contribution in [0.3, 0.4) is 0 Å². The van der Waals surface area contributed by atoms with Crippen molar-refractivity contribution >= 4 is 11.3 Å². The first-order valence-electron chi connectivity index (χ1n) is 2.53. The van der Waals surface area contributed by atoms with Crippen molar-refractivity contribution in [2.24, 2.45) is 0 Å². The lowest BCUT2D eigenvalue weighted by molar-refractivity contribution is 0.942. The summed E-state index contributed by atoms with van der Waals surface area (Å²) in [6, 6.07) is 0. The molecule has 1 rings (SSSR count).